The Hall–Kier alpha value is -1.62. The van der Waals surface area contributed by atoms with E-state index >= 15 is 0 Å². The number of nitrogens with two attached hydrogens (primary N) is 1. The van der Waals surface area contributed by atoms with Crippen LogP contribution in [0.5, 0.6) is 0 Å². The first kappa shape index (κ1) is 34.3. The van der Waals surface area contributed by atoms with Gasteiger partial charge >= 0.3 is 12.2 Å². The number of carbonyl (C=O) groups excluding carboxylic acids is 2. The molecule has 6 rings (SSSR count). The largest absolute Gasteiger partial charge is 0.446 e. The molecule has 0 radical (unpaired) electrons. The third kappa shape index (κ3) is 5.27. The average Bonchev–Trinajstić information content (AvgIpc) is 3.15. The lowest BCUT2D eigenvalue weighted by atomic mass is 9.41. The van der Waals surface area contributed by atoms with Gasteiger partial charge in [-0.25, -0.2) is 9.59 Å². The smallest absolute Gasteiger partial charge is 0.409 e. The molecule has 6 aliphatic rings. The van der Waals surface area contributed by atoms with E-state index in [0.29, 0.717) is 5.92 Å². The Kier molecular flexibility index (Phi) is 8.98. The van der Waals surface area contributed by atoms with Gasteiger partial charge in [-0.1, -0.05) is 41.5 Å². The Labute approximate surface area is 276 Å². The quantitative estimate of drug-likeness (QED) is 0.339. The van der Waals surface area contributed by atoms with Crippen LogP contribution >= 0.6 is 0 Å². The Morgan fingerprint density at radius 1 is 1.09 bits per heavy atom. The van der Waals surface area contributed by atoms with Crippen LogP contribution in [0.1, 0.15) is 99.3 Å². The predicted octanol–water partition coefficient (Wildman–Crippen LogP) is 4.67. The van der Waals surface area contributed by atoms with Crippen LogP contribution < -0.4 is 16.4 Å². The molecule has 46 heavy (non-hydrogen) atoms. The summed E-state index contributed by atoms with van der Waals surface area (Å²) in [7, 11) is 3.40. The first-order valence-electron chi connectivity index (χ1n) is 18.2. The number of hydrogen-bond donors (Lipinski definition) is 4. The second kappa shape index (κ2) is 12.1. The van der Waals surface area contributed by atoms with Gasteiger partial charge < -0.3 is 40.6 Å². The zero-order valence-electron chi connectivity index (χ0n) is 29.6. The molecule has 262 valence electrons. The van der Waals surface area contributed by atoms with E-state index in [9.17, 15) is 14.7 Å². The third-order valence-corrected chi connectivity index (χ3v) is 14.3. The number of ether oxygens (including phenoxy) is 3. The Morgan fingerprint density at radius 2 is 1.80 bits per heavy atom. The molecule has 0 aromatic heterocycles. The second-order valence-corrected chi connectivity index (χ2v) is 17.7. The number of amides is 2. The maximum Gasteiger partial charge on any atom is 0.409 e. The standard InChI is InChI=1S/C36H62N4O6/c1-20(2)28(46-32(43)40(7)8)24-16-21(3)27-29(44-24)30(41)36(37)25-12-11-22-17-35(25,15-14-34(27,36)6)13-9-10-26(33(22,4)5)45-31(42)39-23-18-38-19-23/h20-30,38,41H,9-19,37H2,1-8H3,(H,39,42). The molecule has 10 heteroatoms. The average molecular weight is 647 g/mol. The van der Waals surface area contributed by atoms with Gasteiger partial charge in [0.25, 0.3) is 0 Å². The molecule has 5 N–H and O–H groups in total. The summed E-state index contributed by atoms with van der Waals surface area (Å²) in [6.45, 7) is 15.0. The first-order chi connectivity index (χ1) is 21.5. The van der Waals surface area contributed by atoms with Gasteiger partial charge in [-0.05, 0) is 98.2 Å². The SMILES string of the molecule is CC(C)C(OC(=O)N(C)C)C1CC(C)C2C(O1)C(O)C1(N)C3CCC4CC3(CCCC(OC(=O)NC3CNC3)C4(C)C)CCC21C. The Morgan fingerprint density at radius 3 is 2.43 bits per heavy atom. The van der Waals surface area contributed by atoms with E-state index in [-0.39, 0.29) is 76.5 Å². The van der Waals surface area contributed by atoms with E-state index < -0.39 is 17.7 Å². The summed E-state index contributed by atoms with van der Waals surface area (Å²) < 4.78 is 19.0. The number of nitrogens with one attached hydrogen (secondary N) is 2. The van der Waals surface area contributed by atoms with Crippen LogP contribution in [0.25, 0.3) is 0 Å². The highest BCUT2D eigenvalue weighted by Crippen LogP contribution is 2.71. The summed E-state index contributed by atoms with van der Waals surface area (Å²) in [5.41, 5.74) is 6.64. The van der Waals surface area contributed by atoms with Crippen molar-refractivity contribution >= 4 is 12.2 Å². The van der Waals surface area contributed by atoms with E-state index in [0.717, 1.165) is 70.9 Å². The lowest BCUT2D eigenvalue weighted by Crippen LogP contribution is -2.71. The molecule has 4 aliphatic carbocycles. The number of nitrogens with zero attached hydrogens (tertiary/aromatic N) is 1. The molecule has 6 fully saturated rings. The van der Waals surface area contributed by atoms with Crippen LogP contribution in [0.3, 0.4) is 0 Å². The fourth-order valence-corrected chi connectivity index (χ4v) is 11.6. The maximum absolute atomic E-state index is 12.8. The van der Waals surface area contributed by atoms with E-state index in [4.69, 9.17) is 19.9 Å². The fourth-order valence-electron chi connectivity index (χ4n) is 11.6. The molecule has 10 nitrogen and oxygen atoms in total. The molecule has 2 aliphatic heterocycles. The monoisotopic (exact) mass is 646 g/mol. The van der Waals surface area contributed by atoms with Gasteiger partial charge in [0, 0.05) is 32.6 Å². The molecule has 2 bridgehead atoms. The Balaban J connectivity index is 1.23. The highest BCUT2D eigenvalue weighted by Gasteiger charge is 2.75. The van der Waals surface area contributed by atoms with Crippen LogP contribution in [-0.2, 0) is 14.2 Å². The molecule has 2 saturated heterocycles. The predicted molar refractivity (Wildman–Crippen MR) is 176 cm³/mol. The number of fused-ring (bicyclic) bond motifs is 5. The first-order valence-corrected chi connectivity index (χ1v) is 18.2. The number of hydrogen-bond acceptors (Lipinski definition) is 8. The van der Waals surface area contributed by atoms with E-state index in [1.54, 1.807) is 14.1 Å². The molecule has 0 aromatic rings. The number of aliphatic hydroxyl groups is 1. The summed E-state index contributed by atoms with van der Waals surface area (Å²) in [4.78, 5) is 26.9. The van der Waals surface area contributed by atoms with Crippen LogP contribution in [0, 0.1) is 45.8 Å². The fraction of sp³-hybridized carbons (Fsp3) is 0.944. The van der Waals surface area contributed by atoms with Crippen LogP contribution in [0.15, 0.2) is 0 Å². The highest BCUT2D eigenvalue weighted by molar-refractivity contribution is 5.68. The topological polar surface area (TPSA) is 135 Å². The summed E-state index contributed by atoms with van der Waals surface area (Å²) in [5.74, 6) is 1.10. The van der Waals surface area contributed by atoms with Gasteiger partial charge in [0.05, 0.1) is 29.9 Å². The van der Waals surface area contributed by atoms with Gasteiger partial charge in [0.15, 0.2) is 0 Å². The van der Waals surface area contributed by atoms with Gasteiger partial charge in [-0.2, -0.15) is 0 Å². The van der Waals surface area contributed by atoms with Crippen molar-refractivity contribution < 1.29 is 28.9 Å². The molecule has 4 saturated carbocycles. The van der Waals surface area contributed by atoms with E-state index in [2.05, 4.69) is 52.2 Å². The van der Waals surface area contributed by atoms with Crippen molar-refractivity contribution in [2.24, 2.45) is 51.6 Å². The minimum Gasteiger partial charge on any atom is -0.446 e. The van der Waals surface area contributed by atoms with Gasteiger partial charge in [0.2, 0.25) is 0 Å². The van der Waals surface area contributed by atoms with Gasteiger partial charge in [0.1, 0.15) is 12.2 Å². The Bertz CT molecular complexity index is 1160. The van der Waals surface area contributed by atoms with Crippen molar-refractivity contribution in [3.05, 3.63) is 0 Å². The molecule has 1 spiro atoms. The van der Waals surface area contributed by atoms with Crippen molar-refractivity contribution in [2.45, 2.75) is 141 Å². The normalized spacial score (nSPS) is 45.5. The van der Waals surface area contributed by atoms with Crippen LogP contribution in [0.4, 0.5) is 9.59 Å². The molecular weight excluding hydrogens is 584 g/mol. The lowest BCUT2D eigenvalue weighted by molar-refractivity contribution is -0.179. The van der Waals surface area contributed by atoms with E-state index in [1.165, 1.54) is 4.90 Å². The van der Waals surface area contributed by atoms with Crippen molar-refractivity contribution in [1.82, 2.24) is 15.5 Å². The van der Waals surface area contributed by atoms with Crippen molar-refractivity contribution in [1.29, 1.82) is 0 Å². The van der Waals surface area contributed by atoms with Crippen LogP contribution in [-0.4, -0.2) is 91.5 Å². The minimum atomic E-state index is -0.789. The minimum absolute atomic E-state index is 0.0537. The van der Waals surface area contributed by atoms with Gasteiger partial charge in [-0.3, -0.25) is 0 Å². The van der Waals surface area contributed by atoms with Crippen molar-refractivity contribution in [3.8, 4) is 0 Å². The number of rotatable bonds is 5. The molecule has 2 heterocycles. The second-order valence-electron chi connectivity index (χ2n) is 17.7. The summed E-state index contributed by atoms with van der Waals surface area (Å²) in [6, 6.07) is 0.160. The molecule has 12 unspecified atom stereocenters. The molecular formula is C36H62N4O6. The van der Waals surface area contributed by atoms with Gasteiger partial charge in [-0.15, -0.1) is 0 Å². The summed E-state index contributed by atoms with van der Waals surface area (Å²) >= 11 is 0. The summed E-state index contributed by atoms with van der Waals surface area (Å²) in [5, 5.41) is 18.7. The van der Waals surface area contributed by atoms with E-state index in [1.807, 2.05) is 0 Å². The van der Waals surface area contributed by atoms with Crippen LogP contribution in [0.2, 0.25) is 0 Å². The molecule has 0 aromatic carbocycles. The lowest BCUT2D eigenvalue weighted by Gasteiger charge is -2.65. The highest BCUT2D eigenvalue weighted by atomic mass is 16.6. The van der Waals surface area contributed by atoms with Crippen molar-refractivity contribution in [2.75, 3.05) is 27.2 Å². The molecule has 12 atom stereocenters. The number of carbonyl (C=O) groups is 2. The maximum atomic E-state index is 12.8. The summed E-state index contributed by atoms with van der Waals surface area (Å²) in [6.07, 6.45) is 6.15. The number of aliphatic hydroxyl groups excluding tert-OH is 1. The zero-order chi connectivity index (χ0) is 33.4. The third-order valence-electron chi connectivity index (χ3n) is 14.3. The molecule has 2 amide bonds. The van der Waals surface area contributed by atoms with Crippen molar-refractivity contribution in [3.63, 3.8) is 0 Å². The zero-order valence-corrected chi connectivity index (χ0v) is 29.6. The number of alkyl carbamates (subject to hydrolysis) is 1.